The molecule has 0 saturated carbocycles. The molecular weight excluding hydrogens is 269 g/mol. The second kappa shape index (κ2) is 4.03. The van der Waals surface area contributed by atoms with E-state index in [1.165, 1.54) is 12.1 Å². The van der Waals surface area contributed by atoms with Crippen LogP contribution in [0, 0.1) is 0 Å². The van der Waals surface area contributed by atoms with Crippen molar-refractivity contribution in [2.24, 2.45) is 0 Å². The van der Waals surface area contributed by atoms with Crippen molar-refractivity contribution >= 4 is 11.6 Å². The lowest BCUT2D eigenvalue weighted by molar-refractivity contribution is -0.137. The molecule has 0 heterocycles. The average Bonchev–Trinajstić information content (AvgIpc) is 2.43. The third-order valence-electron chi connectivity index (χ3n) is 3.25. The fourth-order valence-electron chi connectivity index (χ4n) is 2.28. The summed E-state index contributed by atoms with van der Waals surface area (Å²) in [4.78, 5) is 24.4. The summed E-state index contributed by atoms with van der Waals surface area (Å²) in [6, 6.07) is 8.74. The predicted molar refractivity (Wildman–Crippen MR) is 64.8 cm³/mol. The van der Waals surface area contributed by atoms with E-state index in [1.807, 2.05) is 0 Å². The number of carbonyl (C=O) groups excluding carboxylic acids is 2. The first-order valence-electron chi connectivity index (χ1n) is 5.79. The minimum atomic E-state index is -4.55. The van der Waals surface area contributed by atoms with E-state index in [0.717, 1.165) is 18.2 Å². The van der Waals surface area contributed by atoms with Crippen LogP contribution in [0.25, 0.3) is 0 Å². The highest BCUT2D eigenvalue weighted by molar-refractivity contribution is 6.28. The van der Waals surface area contributed by atoms with Gasteiger partial charge in [0.25, 0.3) is 0 Å². The SMILES string of the molecule is O=C1c2ccccc2C(=O)c2cc(C(F)(F)F)ccc21. The van der Waals surface area contributed by atoms with Crippen molar-refractivity contribution in [3.63, 3.8) is 0 Å². The first kappa shape index (κ1) is 12.6. The lowest BCUT2D eigenvalue weighted by atomic mass is 9.83. The van der Waals surface area contributed by atoms with Gasteiger partial charge in [-0.15, -0.1) is 0 Å². The van der Waals surface area contributed by atoms with Crippen molar-refractivity contribution in [3.05, 3.63) is 70.3 Å². The van der Waals surface area contributed by atoms with Gasteiger partial charge < -0.3 is 0 Å². The zero-order valence-corrected chi connectivity index (χ0v) is 9.99. The summed E-state index contributed by atoms with van der Waals surface area (Å²) in [5.41, 5.74) is -0.740. The normalized spacial score (nSPS) is 13.9. The number of carbonyl (C=O) groups is 2. The molecule has 1 aliphatic rings. The Labute approximate surface area is 111 Å². The molecule has 0 amide bonds. The van der Waals surface area contributed by atoms with Crippen LogP contribution in [0.4, 0.5) is 13.2 Å². The fraction of sp³-hybridized carbons (Fsp3) is 0.0667. The molecular formula is C15H7F3O2. The third-order valence-corrected chi connectivity index (χ3v) is 3.25. The van der Waals surface area contributed by atoms with Gasteiger partial charge in [-0.3, -0.25) is 9.59 Å². The molecule has 20 heavy (non-hydrogen) atoms. The summed E-state index contributed by atoms with van der Waals surface area (Å²) >= 11 is 0. The van der Waals surface area contributed by atoms with Gasteiger partial charge in [0, 0.05) is 22.3 Å². The number of ketones is 2. The molecule has 0 spiro atoms. The number of benzene rings is 2. The number of hydrogen-bond acceptors (Lipinski definition) is 2. The van der Waals surface area contributed by atoms with Gasteiger partial charge in [-0.25, -0.2) is 0 Å². The minimum Gasteiger partial charge on any atom is -0.289 e. The van der Waals surface area contributed by atoms with Gasteiger partial charge in [-0.2, -0.15) is 13.2 Å². The molecule has 2 aromatic carbocycles. The Morgan fingerprint density at radius 3 is 1.75 bits per heavy atom. The minimum absolute atomic E-state index is 0.0155. The number of hydrogen-bond donors (Lipinski definition) is 0. The molecule has 0 aromatic heterocycles. The van der Waals surface area contributed by atoms with Crippen LogP contribution in [0.3, 0.4) is 0 Å². The largest absolute Gasteiger partial charge is 0.416 e. The van der Waals surface area contributed by atoms with Crippen molar-refractivity contribution in [2.75, 3.05) is 0 Å². The summed E-state index contributed by atoms with van der Waals surface area (Å²) in [5, 5.41) is 0. The molecule has 0 aliphatic heterocycles. The molecule has 0 fully saturated rings. The number of rotatable bonds is 0. The van der Waals surface area contributed by atoms with E-state index in [0.29, 0.717) is 0 Å². The highest BCUT2D eigenvalue weighted by Crippen LogP contribution is 2.34. The zero-order chi connectivity index (χ0) is 14.5. The Kier molecular flexibility index (Phi) is 2.54. The van der Waals surface area contributed by atoms with E-state index >= 15 is 0 Å². The summed E-state index contributed by atoms with van der Waals surface area (Å²) in [7, 11) is 0. The molecule has 2 aromatic rings. The monoisotopic (exact) mass is 276 g/mol. The lowest BCUT2D eigenvalue weighted by Crippen LogP contribution is -2.21. The molecule has 0 bridgehead atoms. The van der Waals surface area contributed by atoms with Gasteiger partial charge in [-0.05, 0) is 18.2 Å². The van der Waals surface area contributed by atoms with Gasteiger partial charge in [0.1, 0.15) is 0 Å². The van der Waals surface area contributed by atoms with Gasteiger partial charge >= 0.3 is 6.18 Å². The summed E-state index contributed by atoms with van der Waals surface area (Å²) in [6.45, 7) is 0. The van der Waals surface area contributed by atoms with Crippen LogP contribution in [0.5, 0.6) is 0 Å². The Balaban J connectivity index is 2.24. The fourth-order valence-corrected chi connectivity index (χ4v) is 2.28. The van der Waals surface area contributed by atoms with E-state index in [2.05, 4.69) is 0 Å². The second-order valence-corrected chi connectivity index (χ2v) is 4.46. The van der Waals surface area contributed by atoms with E-state index < -0.39 is 23.3 Å². The van der Waals surface area contributed by atoms with Crippen molar-refractivity contribution in [2.45, 2.75) is 6.18 Å². The van der Waals surface area contributed by atoms with Crippen LogP contribution in [0.1, 0.15) is 37.4 Å². The van der Waals surface area contributed by atoms with Crippen LogP contribution >= 0.6 is 0 Å². The average molecular weight is 276 g/mol. The summed E-state index contributed by atoms with van der Waals surface area (Å²) in [5.74, 6) is -0.981. The van der Waals surface area contributed by atoms with E-state index in [4.69, 9.17) is 0 Å². The smallest absolute Gasteiger partial charge is 0.289 e. The maximum absolute atomic E-state index is 12.7. The van der Waals surface area contributed by atoms with Crippen molar-refractivity contribution in [1.29, 1.82) is 0 Å². The van der Waals surface area contributed by atoms with Crippen LogP contribution in [0.2, 0.25) is 0 Å². The molecule has 100 valence electrons. The van der Waals surface area contributed by atoms with Gasteiger partial charge in [0.2, 0.25) is 0 Å². The standard InChI is InChI=1S/C15H7F3O2/c16-15(17,18)8-5-6-11-12(7-8)14(20)10-4-2-1-3-9(10)13(11)19/h1-7H. The van der Waals surface area contributed by atoms with Crippen molar-refractivity contribution < 1.29 is 22.8 Å². The first-order chi connectivity index (χ1) is 9.39. The quantitative estimate of drug-likeness (QED) is 0.630. The molecule has 0 saturated heterocycles. The van der Waals surface area contributed by atoms with Crippen LogP contribution in [-0.4, -0.2) is 11.6 Å². The molecule has 0 N–H and O–H groups in total. The Morgan fingerprint density at radius 1 is 0.700 bits per heavy atom. The van der Waals surface area contributed by atoms with Crippen LogP contribution in [-0.2, 0) is 6.18 Å². The molecule has 2 nitrogen and oxygen atoms in total. The highest BCUT2D eigenvalue weighted by Gasteiger charge is 2.35. The molecule has 5 heteroatoms. The highest BCUT2D eigenvalue weighted by atomic mass is 19.4. The molecule has 1 aliphatic carbocycles. The van der Waals surface area contributed by atoms with E-state index in [1.54, 1.807) is 12.1 Å². The summed E-state index contributed by atoms with van der Waals surface area (Å²) < 4.78 is 38.0. The predicted octanol–water partition coefficient (Wildman–Crippen LogP) is 3.48. The zero-order valence-electron chi connectivity index (χ0n) is 9.99. The van der Waals surface area contributed by atoms with Gasteiger partial charge in [0.05, 0.1) is 5.56 Å². The maximum Gasteiger partial charge on any atom is 0.416 e. The number of alkyl halides is 3. The molecule has 0 unspecified atom stereocenters. The van der Waals surface area contributed by atoms with E-state index in [-0.39, 0.29) is 22.3 Å². The Bertz CT molecular complexity index is 745. The number of halogens is 3. The van der Waals surface area contributed by atoms with Crippen LogP contribution < -0.4 is 0 Å². The third kappa shape index (κ3) is 1.74. The first-order valence-corrected chi connectivity index (χ1v) is 5.79. The topological polar surface area (TPSA) is 34.1 Å². The summed E-state index contributed by atoms with van der Waals surface area (Å²) in [6.07, 6.45) is -4.55. The number of fused-ring (bicyclic) bond motifs is 2. The molecule has 0 radical (unpaired) electrons. The van der Waals surface area contributed by atoms with Crippen molar-refractivity contribution in [1.82, 2.24) is 0 Å². The Morgan fingerprint density at radius 2 is 1.20 bits per heavy atom. The molecule has 3 rings (SSSR count). The van der Waals surface area contributed by atoms with Gasteiger partial charge in [-0.1, -0.05) is 24.3 Å². The second-order valence-electron chi connectivity index (χ2n) is 4.46. The maximum atomic E-state index is 12.7. The Hall–Kier alpha value is -2.43. The molecule has 0 atom stereocenters. The van der Waals surface area contributed by atoms with Crippen LogP contribution in [0.15, 0.2) is 42.5 Å². The van der Waals surface area contributed by atoms with Gasteiger partial charge in [0.15, 0.2) is 11.6 Å². The lowest BCUT2D eigenvalue weighted by Gasteiger charge is -2.18. The van der Waals surface area contributed by atoms with E-state index in [9.17, 15) is 22.8 Å². The van der Waals surface area contributed by atoms with Crippen molar-refractivity contribution in [3.8, 4) is 0 Å².